The first kappa shape index (κ1) is 14.0. The fourth-order valence-electron chi connectivity index (χ4n) is 2.62. The lowest BCUT2D eigenvalue weighted by Crippen LogP contribution is -2.31. The van der Waals surface area contributed by atoms with Gasteiger partial charge in [0.25, 0.3) is 0 Å². The zero-order valence-corrected chi connectivity index (χ0v) is 12.3. The highest BCUT2D eigenvalue weighted by molar-refractivity contribution is 5.40. The molecule has 0 bridgehead atoms. The molecule has 1 aliphatic heterocycles. The summed E-state index contributed by atoms with van der Waals surface area (Å²) < 4.78 is 11.8. The van der Waals surface area contributed by atoms with Crippen LogP contribution in [0.4, 0.5) is 0 Å². The number of hydrogen-bond acceptors (Lipinski definition) is 3. The van der Waals surface area contributed by atoms with E-state index >= 15 is 0 Å². The minimum Gasteiger partial charge on any atom is -0.490 e. The Hall–Kier alpha value is -2.00. The number of benzene rings is 2. The monoisotopic (exact) mass is 283 g/mol. The van der Waals surface area contributed by atoms with E-state index in [1.165, 1.54) is 5.56 Å². The fraction of sp³-hybridized carbons (Fsp3) is 0.333. The highest BCUT2D eigenvalue weighted by atomic mass is 16.5. The Bertz CT molecular complexity index is 594. The molecule has 2 aromatic rings. The van der Waals surface area contributed by atoms with Gasteiger partial charge in [0.1, 0.15) is 6.10 Å². The van der Waals surface area contributed by atoms with Gasteiger partial charge in [-0.2, -0.15) is 0 Å². The number of ether oxygens (including phenoxy) is 2. The Labute approximate surface area is 125 Å². The van der Waals surface area contributed by atoms with Crippen LogP contribution in [0.15, 0.2) is 48.5 Å². The first-order valence-corrected chi connectivity index (χ1v) is 7.51. The molecule has 2 unspecified atom stereocenters. The van der Waals surface area contributed by atoms with Crippen molar-refractivity contribution in [1.29, 1.82) is 0 Å². The molecule has 1 aliphatic rings. The van der Waals surface area contributed by atoms with Gasteiger partial charge < -0.3 is 15.2 Å². The molecule has 3 rings (SSSR count). The van der Waals surface area contributed by atoms with Crippen molar-refractivity contribution in [1.82, 2.24) is 0 Å². The van der Waals surface area contributed by atoms with E-state index in [1.54, 1.807) is 0 Å². The Morgan fingerprint density at radius 2 is 1.81 bits per heavy atom. The molecule has 2 N–H and O–H groups in total. The van der Waals surface area contributed by atoms with Crippen LogP contribution in [0.3, 0.4) is 0 Å². The van der Waals surface area contributed by atoms with E-state index in [0.29, 0.717) is 6.61 Å². The third-order valence-electron chi connectivity index (χ3n) is 3.96. The lowest BCUT2D eigenvalue weighted by atomic mass is 9.98. The highest BCUT2D eigenvalue weighted by Crippen LogP contribution is 2.33. The Morgan fingerprint density at radius 3 is 2.52 bits per heavy atom. The smallest absolute Gasteiger partial charge is 0.161 e. The van der Waals surface area contributed by atoms with Crippen LogP contribution in [0.5, 0.6) is 11.5 Å². The molecule has 0 fully saturated rings. The topological polar surface area (TPSA) is 44.5 Å². The summed E-state index contributed by atoms with van der Waals surface area (Å²) >= 11 is 0. The van der Waals surface area contributed by atoms with Crippen molar-refractivity contribution >= 4 is 0 Å². The Morgan fingerprint density at radius 1 is 1.10 bits per heavy atom. The standard InChI is InChI=1S/C18H21NO2/c1-2-13-7-9-14(10-8-13)18(19)17-11-12-20-15-5-3-4-6-16(15)21-17/h3-10,17-18H,2,11-12,19H2,1H3. The molecular formula is C18H21NO2. The maximum Gasteiger partial charge on any atom is 0.161 e. The number of hydrogen-bond donors (Lipinski definition) is 1. The van der Waals surface area contributed by atoms with Crippen LogP contribution in [0.25, 0.3) is 0 Å². The minimum absolute atomic E-state index is 0.0684. The zero-order valence-electron chi connectivity index (χ0n) is 12.3. The normalized spacial score (nSPS) is 18.9. The SMILES string of the molecule is CCc1ccc(C(N)C2CCOc3ccccc3O2)cc1. The molecule has 3 heteroatoms. The molecule has 0 saturated carbocycles. The molecule has 2 aromatic carbocycles. The van der Waals surface area contributed by atoms with Crippen LogP contribution >= 0.6 is 0 Å². The fourth-order valence-corrected chi connectivity index (χ4v) is 2.62. The van der Waals surface area contributed by atoms with Crippen molar-refractivity contribution < 1.29 is 9.47 Å². The van der Waals surface area contributed by atoms with Gasteiger partial charge in [-0.15, -0.1) is 0 Å². The molecule has 0 aromatic heterocycles. The van der Waals surface area contributed by atoms with Gasteiger partial charge in [0.15, 0.2) is 11.5 Å². The van der Waals surface area contributed by atoms with Crippen molar-refractivity contribution in [3.8, 4) is 11.5 Å². The first-order chi connectivity index (χ1) is 10.3. The summed E-state index contributed by atoms with van der Waals surface area (Å²) in [7, 11) is 0. The third-order valence-corrected chi connectivity index (χ3v) is 3.96. The molecule has 110 valence electrons. The second kappa shape index (κ2) is 6.19. The van der Waals surface area contributed by atoms with Crippen LogP contribution in [0, 0.1) is 0 Å². The van der Waals surface area contributed by atoms with E-state index in [9.17, 15) is 0 Å². The molecule has 3 nitrogen and oxygen atoms in total. The van der Waals surface area contributed by atoms with Crippen LogP contribution < -0.4 is 15.2 Å². The van der Waals surface area contributed by atoms with E-state index in [1.807, 2.05) is 24.3 Å². The molecule has 0 saturated heterocycles. The summed E-state index contributed by atoms with van der Waals surface area (Å²) in [6.07, 6.45) is 1.75. The minimum atomic E-state index is -0.148. The molecule has 2 atom stereocenters. The first-order valence-electron chi connectivity index (χ1n) is 7.51. The van der Waals surface area contributed by atoms with Crippen molar-refractivity contribution in [2.45, 2.75) is 31.9 Å². The summed E-state index contributed by atoms with van der Waals surface area (Å²) in [5.74, 6) is 1.58. The second-order valence-electron chi connectivity index (χ2n) is 5.36. The Balaban J connectivity index is 1.79. The summed E-state index contributed by atoms with van der Waals surface area (Å²) in [6, 6.07) is 16.1. The maximum atomic E-state index is 6.41. The summed E-state index contributed by atoms with van der Waals surface area (Å²) in [5, 5.41) is 0. The number of nitrogens with two attached hydrogens (primary N) is 1. The maximum absolute atomic E-state index is 6.41. The largest absolute Gasteiger partial charge is 0.490 e. The predicted octanol–water partition coefficient (Wildman–Crippen LogP) is 3.48. The predicted molar refractivity (Wildman–Crippen MR) is 83.7 cm³/mol. The van der Waals surface area contributed by atoms with Gasteiger partial charge in [0.05, 0.1) is 12.6 Å². The van der Waals surface area contributed by atoms with Gasteiger partial charge in [0, 0.05) is 6.42 Å². The number of aryl methyl sites for hydroxylation is 1. The van der Waals surface area contributed by atoms with E-state index in [2.05, 4.69) is 31.2 Å². The van der Waals surface area contributed by atoms with Gasteiger partial charge in [-0.3, -0.25) is 0 Å². The lowest BCUT2D eigenvalue weighted by molar-refractivity contribution is 0.162. The van der Waals surface area contributed by atoms with Crippen LogP contribution in [-0.2, 0) is 6.42 Å². The van der Waals surface area contributed by atoms with Crippen LogP contribution in [-0.4, -0.2) is 12.7 Å². The van der Waals surface area contributed by atoms with Crippen molar-refractivity contribution in [3.05, 3.63) is 59.7 Å². The molecule has 0 aliphatic carbocycles. The van der Waals surface area contributed by atoms with Crippen molar-refractivity contribution in [3.63, 3.8) is 0 Å². The molecular weight excluding hydrogens is 262 g/mol. The number of fused-ring (bicyclic) bond motifs is 1. The quantitative estimate of drug-likeness (QED) is 0.938. The van der Waals surface area contributed by atoms with Crippen molar-refractivity contribution in [2.24, 2.45) is 5.73 Å². The number of rotatable bonds is 3. The van der Waals surface area contributed by atoms with Gasteiger partial charge in [0.2, 0.25) is 0 Å². The van der Waals surface area contributed by atoms with Gasteiger partial charge in [-0.05, 0) is 29.7 Å². The Kier molecular flexibility index (Phi) is 4.11. The summed E-state index contributed by atoms with van der Waals surface area (Å²) in [5.41, 5.74) is 8.84. The van der Waals surface area contributed by atoms with Gasteiger partial charge in [-0.1, -0.05) is 43.3 Å². The van der Waals surface area contributed by atoms with Gasteiger partial charge >= 0.3 is 0 Å². The van der Waals surface area contributed by atoms with Crippen LogP contribution in [0.2, 0.25) is 0 Å². The third kappa shape index (κ3) is 3.03. The molecule has 0 spiro atoms. The van der Waals surface area contributed by atoms with E-state index in [-0.39, 0.29) is 12.1 Å². The average molecular weight is 283 g/mol. The molecule has 0 amide bonds. The second-order valence-corrected chi connectivity index (χ2v) is 5.36. The lowest BCUT2D eigenvalue weighted by Gasteiger charge is -2.23. The average Bonchev–Trinajstić information content (AvgIpc) is 2.76. The molecule has 0 radical (unpaired) electrons. The zero-order chi connectivity index (χ0) is 14.7. The number of para-hydroxylation sites is 2. The summed E-state index contributed by atoms with van der Waals surface area (Å²) in [6.45, 7) is 2.78. The van der Waals surface area contributed by atoms with Crippen LogP contribution in [0.1, 0.15) is 30.5 Å². The molecule has 21 heavy (non-hydrogen) atoms. The molecule has 1 heterocycles. The summed E-state index contributed by atoms with van der Waals surface area (Å²) in [4.78, 5) is 0. The van der Waals surface area contributed by atoms with Gasteiger partial charge in [-0.25, -0.2) is 0 Å². The highest BCUT2D eigenvalue weighted by Gasteiger charge is 2.25. The van der Waals surface area contributed by atoms with Crippen molar-refractivity contribution in [2.75, 3.05) is 6.61 Å². The van der Waals surface area contributed by atoms with E-state index < -0.39 is 0 Å². The van der Waals surface area contributed by atoms with E-state index in [4.69, 9.17) is 15.2 Å². The van der Waals surface area contributed by atoms with E-state index in [0.717, 1.165) is 29.9 Å².